The molecular formula is C21H32N4O2. The standard InChI is InChI=1S/C21H32N4O2/c1-14-6-3-4-9-18(14)24-21(27)23-16-12-10-15(11-13-16)19(22)20(26)25(2)17-7-5-8-17/h3-4,6,9,15-17,19H,5,7-8,10-13,22H2,1-2H3,(H2,23,24,27)/t15?,16?,19-/m0/s1. The third kappa shape index (κ3) is 4.80. The zero-order chi connectivity index (χ0) is 19.4. The molecule has 0 heterocycles. The van der Waals surface area contributed by atoms with Crippen LogP contribution in [0.25, 0.3) is 0 Å². The Bertz CT molecular complexity index is 666. The molecule has 0 saturated heterocycles. The lowest BCUT2D eigenvalue weighted by atomic mass is 9.81. The van der Waals surface area contributed by atoms with E-state index in [4.69, 9.17) is 5.73 Å². The average Bonchev–Trinajstić information content (AvgIpc) is 2.61. The molecule has 6 heteroatoms. The van der Waals surface area contributed by atoms with Gasteiger partial charge in [0, 0.05) is 24.8 Å². The lowest BCUT2D eigenvalue weighted by molar-refractivity contribution is -0.136. The minimum Gasteiger partial charge on any atom is -0.341 e. The van der Waals surface area contributed by atoms with E-state index in [1.54, 1.807) is 0 Å². The summed E-state index contributed by atoms with van der Waals surface area (Å²) < 4.78 is 0. The third-order valence-corrected chi connectivity index (χ3v) is 6.26. The van der Waals surface area contributed by atoms with Gasteiger partial charge in [0.05, 0.1) is 6.04 Å². The first-order valence-electron chi connectivity index (χ1n) is 10.1. The van der Waals surface area contributed by atoms with Gasteiger partial charge in [-0.25, -0.2) is 4.79 Å². The van der Waals surface area contributed by atoms with Gasteiger partial charge in [0.1, 0.15) is 0 Å². The van der Waals surface area contributed by atoms with Gasteiger partial charge < -0.3 is 21.3 Å². The third-order valence-electron chi connectivity index (χ3n) is 6.26. The van der Waals surface area contributed by atoms with Gasteiger partial charge in [-0.3, -0.25) is 4.79 Å². The second-order valence-corrected chi connectivity index (χ2v) is 8.08. The van der Waals surface area contributed by atoms with Crippen molar-refractivity contribution in [1.29, 1.82) is 0 Å². The van der Waals surface area contributed by atoms with Gasteiger partial charge in [-0.1, -0.05) is 18.2 Å². The molecule has 0 bridgehead atoms. The summed E-state index contributed by atoms with van der Waals surface area (Å²) in [6, 6.07) is 7.66. The first-order chi connectivity index (χ1) is 13.0. The molecule has 148 valence electrons. The van der Waals surface area contributed by atoms with Gasteiger partial charge >= 0.3 is 6.03 Å². The number of likely N-dealkylation sites (N-methyl/N-ethyl adjacent to an activating group) is 1. The minimum absolute atomic E-state index is 0.0772. The molecule has 1 atom stereocenters. The van der Waals surface area contributed by atoms with Crippen molar-refractivity contribution in [2.45, 2.75) is 70.0 Å². The van der Waals surface area contributed by atoms with Crippen LogP contribution < -0.4 is 16.4 Å². The number of carbonyl (C=O) groups is 2. The number of amides is 3. The highest BCUT2D eigenvalue weighted by Gasteiger charge is 2.34. The molecule has 3 amide bonds. The number of benzene rings is 1. The second-order valence-electron chi connectivity index (χ2n) is 8.08. The SMILES string of the molecule is Cc1ccccc1NC(=O)NC1CCC([C@H](N)C(=O)N(C)C2CCC2)CC1. The first-order valence-corrected chi connectivity index (χ1v) is 10.1. The van der Waals surface area contributed by atoms with Gasteiger partial charge in [0.2, 0.25) is 5.91 Å². The number of nitrogens with one attached hydrogen (secondary N) is 2. The van der Waals surface area contributed by atoms with Crippen molar-refractivity contribution in [3.8, 4) is 0 Å². The van der Waals surface area contributed by atoms with Crippen molar-refractivity contribution in [3.05, 3.63) is 29.8 Å². The number of carbonyl (C=O) groups excluding carboxylic acids is 2. The number of rotatable bonds is 5. The summed E-state index contributed by atoms with van der Waals surface area (Å²) in [6.07, 6.45) is 6.88. The predicted octanol–water partition coefficient (Wildman–Crippen LogP) is 3.01. The molecule has 1 aromatic carbocycles. The summed E-state index contributed by atoms with van der Waals surface area (Å²) in [5, 5.41) is 5.97. The van der Waals surface area contributed by atoms with E-state index in [0.29, 0.717) is 6.04 Å². The molecule has 0 unspecified atom stereocenters. The molecule has 2 fully saturated rings. The Labute approximate surface area is 161 Å². The number of para-hydroxylation sites is 1. The van der Waals surface area contributed by atoms with Crippen LogP contribution in [0.2, 0.25) is 0 Å². The number of hydrogen-bond acceptors (Lipinski definition) is 3. The molecule has 6 nitrogen and oxygen atoms in total. The molecule has 3 rings (SSSR count). The number of anilines is 1. The van der Waals surface area contributed by atoms with E-state index in [0.717, 1.165) is 49.8 Å². The van der Waals surface area contributed by atoms with Crippen LogP contribution in [0.3, 0.4) is 0 Å². The summed E-state index contributed by atoms with van der Waals surface area (Å²) in [6.45, 7) is 1.97. The lowest BCUT2D eigenvalue weighted by Gasteiger charge is -2.38. The van der Waals surface area contributed by atoms with E-state index >= 15 is 0 Å². The lowest BCUT2D eigenvalue weighted by Crippen LogP contribution is -2.52. The van der Waals surface area contributed by atoms with Crippen molar-refractivity contribution in [3.63, 3.8) is 0 Å². The van der Waals surface area contributed by atoms with E-state index in [9.17, 15) is 9.59 Å². The second kappa shape index (κ2) is 8.74. The number of nitrogens with two attached hydrogens (primary N) is 1. The highest BCUT2D eigenvalue weighted by molar-refractivity contribution is 5.90. The van der Waals surface area contributed by atoms with Crippen LogP contribution in [0, 0.1) is 12.8 Å². The summed E-state index contributed by atoms with van der Waals surface area (Å²) in [5.41, 5.74) is 8.15. The van der Waals surface area contributed by atoms with E-state index in [1.807, 2.05) is 43.1 Å². The number of hydrogen-bond donors (Lipinski definition) is 3. The van der Waals surface area contributed by atoms with Crippen LogP contribution in [-0.4, -0.2) is 42.0 Å². The Hall–Kier alpha value is -2.08. The maximum absolute atomic E-state index is 12.6. The van der Waals surface area contributed by atoms with E-state index in [2.05, 4.69) is 10.6 Å². The number of urea groups is 1. The highest BCUT2D eigenvalue weighted by Crippen LogP contribution is 2.29. The minimum atomic E-state index is -0.419. The fraction of sp³-hybridized carbons (Fsp3) is 0.619. The van der Waals surface area contributed by atoms with Crippen LogP contribution in [0.1, 0.15) is 50.5 Å². The molecule has 4 N–H and O–H groups in total. The van der Waals surface area contributed by atoms with Crippen LogP contribution in [0.4, 0.5) is 10.5 Å². The normalized spacial score (nSPS) is 23.8. The predicted molar refractivity (Wildman–Crippen MR) is 107 cm³/mol. The molecule has 0 radical (unpaired) electrons. The Morgan fingerprint density at radius 2 is 1.78 bits per heavy atom. The molecule has 0 aromatic heterocycles. The average molecular weight is 373 g/mol. The molecule has 1 aromatic rings. The smallest absolute Gasteiger partial charge is 0.319 e. The van der Waals surface area contributed by atoms with Gasteiger partial charge in [0.15, 0.2) is 0 Å². The van der Waals surface area contributed by atoms with Gasteiger partial charge in [-0.15, -0.1) is 0 Å². The van der Waals surface area contributed by atoms with Crippen molar-refractivity contribution in [2.75, 3.05) is 12.4 Å². The largest absolute Gasteiger partial charge is 0.341 e. The number of aryl methyl sites for hydroxylation is 1. The molecule has 2 aliphatic rings. The van der Waals surface area contributed by atoms with Crippen LogP contribution in [-0.2, 0) is 4.79 Å². The fourth-order valence-corrected chi connectivity index (χ4v) is 4.07. The summed E-state index contributed by atoms with van der Waals surface area (Å²) in [4.78, 5) is 26.7. The molecule has 0 spiro atoms. The Morgan fingerprint density at radius 1 is 1.11 bits per heavy atom. The Morgan fingerprint density at radius 3 is 2.37 bits per heavy atom. The fourth-order valence-electron chi connectivity index (χ4n) is 4.07. The van der Waals surface area contributed by atoms with Crippen LogP contribution >= 0.6 is 0 Å². The van der Waals surface area contributed by atoms with E-state index in [1.165, 1.54) is 6.42 Å². The maximum atomic E-state index is 12.6. The van der Waals surface area contributed by atoms with E-state index < -0.39 is 6.04 Å². The van der Waals surface area contributed by atoms with Gasteiger partial charge in [-0.05, 0) is 69.4 Å². The van der Waals surface area contributed by atoms with Gasteiger partial charge in [0.25, 0.3) is 0 Å². The number of nitrogens with zero attached hydrogens (tertiary/aromatic N) is 1. The molecular weight excluding hydrogens is 340 g/mol. The molecule has 2 saturated carbocycles. The Balaban J connectivity index is 1.43. The highest BCUT2D eigenvalue weighted by atomic mass is 16.2. The summed E-state index contributed by atoms with van der Waals surface area (Å²) in [5.74, 6) is 0.283. The van der Waals surface area contributed by atoms with Gasteiger partial charge in [-0.2, -0.15) is 0 Å². The van der Waals surface area contributed by atoms with E-state index in [-0.39, 0.29) is 23.9 Å². The zero-order valence-corrected chi connectivity index (χ0v) is 16.4. The van der Waals surface area contributed by atoms with Crippen LogP contribution in [0.5, 0.6) is 0 Å². The van der Waals surface area contributed by atoms with Crippen molar-refractivity contribution < 1.29 is 9.59 Å². The monoisotopic (exact) mass is 372 g/mol. The topological polar surface area (TPSA) is 87.5 Å². The molecule has 2 aliphatic carbocycles. The van der Waals surface area contributed by atoms with Crippen molar-refractivity contribution >= 4 is 17.6 Å². The zero-order valence-electron chi connectivity index (χ0n) is 16.4. The Kier molecular flexibility index (Phi) is 6.37. The molecule has 0 aliphatic heterocycles. The van der Waals surface area contributed by atoms with Crippen molar-refractivity contribution in [1.82, 2.24) is 10.2 Å². The van der Waals surface area contributed by atoms with Crippen molar-refractivity contribution in [2.24, 2.45) is 11.7 Å². The quantitative estimate of drug-likeness (QED) is 0.742. The summed E-state index contributed by atoms with van der Waals surface area (Å²) in [7, 11) is 1.88. The van der Waals surface area contributed by atoms with Crippen LogP contribution in [0.15, 0.2) is 24.3 Å². The maximum Gasteiger partial charge on any atom is 0.319 e. The molecule has 27 heavy (non-hydrogen) atoms. The first kappa shape index (κ1) is 19.7. The summed E-state index contributed by atoms with van der Waals surface area (Å²) >= 11 is 0.